The zero-order chi connectivity index (χ0) is 18.0. The normalized spacial score (nSPS) is 11.3. The van der Waals surface area contributed by atoms with Crippen LogP contribution in [0, 0.1) is 13.8 Å². The third-order valence-corrected chi connectivity index (χ3v) is 6.56. The molecule has 0 saturated heterocycles. The Morgan fingerprint density at radius 2 is 1.64 bits per heavy atom. The second-order valence-corrected chi connectivity index (χ2v) is 8.32. The fraction of sp³-hybridized carbons (Fsp3) is 0.105. The number of aryl methyl sites for hydroxylation is 1. The Balaban J connectivity index is 2.23. The molecule has 3 rings (SSSR count). The number of sulfonamides is 1. The Bertz CT molecular complexity index is 994. The summed E-state index contributed by atoms with van der Waals surface area (Å²) in [5.74, 6) is -0.549. The van der Waals surface area contributed by atoms with Crippen LogP contribution in [0.1, 0.15) is 20.8 Å². The molecule has 25 heavy (non-hydrogen) atoms. The van der Waals surface area contributed by atoms with Gasteiger partial charge in [0.2, 0.25) is 0 Å². The molecule has 0 aliphatic carbocycles. The Hall–Kier alpha value is -2.44. The van der Waals surface area contributed by atoms with Crippen molar-refractivity contribution >= 4 is 33.0 Å². The maximum absolute atomic E-state index is 13.2. The van der Waals surface area contributed by atoms with Gasteiger partial charge in [-0.3, -0.25) is 4.79 Å². The maximum atomic E-state index is 13.2. The van der Waals surface area contributed by atoms with E-state index < -0.39 is 15.9 Å². The van der Waals surface area contributed by atoms with Crippen LogP contribution in [-0.4, -0.2) is 14.3 Å². The maximum Gasteiger partial charge on any atom is 0.282 e. The van der Waals surface area contributed by atoms with E-state index in [4.69, 9.17) is 0 Å². The second kappa shape index (κ2) is 6.82. The van der Waals surface area contributed by atoms with Crippen LogP contribution in [0.5, 0.6) is 0 Å². The van der Waals surface area contributed by atoms with Gasteiger partial charge >= 0.3 is 0 Å². The number of anilines is 1. The number of carbonyl (C=O) groups excluding carboxylic acids is 1. The van der Waals surface area contributed by atoms with Crippen molar-refractivity contribution in [1.29, 1.82) is 0 Å². The predicted molar refractivity (Wildman–Crippen MR) is 101 cm³/mol. The van der Waals surface area contributed by atoms with Crippen molar-refractivity contribution in [3.8, 4) is 0 Å². The minimum atomic E-state index is -4.03. The summed E-state index contributed by atoms with van der Waals surface area (Å²) in [7, 11) is -4.03. The quantitative estimate of drug-likeness (QED) is 0.683. The summed E-state index contributed by atoms with van der Waals surface area (Å²) in [5.41, 5.74) is 2.05. The largest absolute Gasteiger partial charge is 0.282 e. The van der Waals surface area contributed by atoms with Gasteiger partial charge in [0.05, 0.1) is 15.5 Å². The number of carbonyl (C=O) groups is 1. The van der Waals surface area contributed by atoms with Gasteiger partial charge in [0.1, 0.15) is 0 Å². The number of thiophene rings is 1. The highest BCUT2D eigenvalue weighted by molar-refractivity contribution is 7.93. The van der Waals surface area contributed by atoms with Crippen molar-refractivity contribution in [3.05, 3.63) is 82.0 Å². The Morgan fingerprint density at radius 1 is 0.920 bits per heavy atom. The first-order valence-corrected chi connectivity index (χ1v) is 9.99. The molecular formula is C19H17NO3S2. The summed E-state index contributed by atoms with van der Waals surface area (Å²) in [6, 6.07) is 16.7. The van der Waals surface area contributed by atoms with E-state index in [0.29, 0.717) is 10.6 Å². The van der Waals surface area contributed by atoms with Gasteiger partial charge in [0, 0.05) is 0 Å². The molecule has 0 aliphatic heterocycles. The monoisotopic (exact) mass is 371 g/mol. The number of amides is 1. The second-order valence-electron chi connectivity index (χ2n) is 5.58. The number of hydrogen-bond acceptors (Lipinski definition) is 4. The van der Waals surface area contributed by atoms with Gasteiger partial charge in [-0.25, -0.2) is 8.42 Å². The van der Waals surface area contributed by atoms with Gasteiger partial charge < -0.3 is 0 Å². The smallest absolute Gasteiger partial charge is 0.267 e. The van der Waals surface area contributed by atoms with Crippen LogP contribution >= 0.6 is 11.3 Å². The standard InChI is InChI=1S/C19H17NO3S2/c1-14-8-6-11-17(15(14)2)20(19(21)18-12-7-13-24-18)25(22,23)16-9-4-3-5-10-16/h3-13H,1-2H3. The Morgan fingerprint density at radius 3 is 2.28 bits per heavy atom. The molecule has 0 spiro atoms. The van der Waals surface area contributed by atoms with E-state index >= 15 is 0 Å². The van der Waals surface area contributed by atoms with Crippen molar-refractivity contribution in [2.75, 3.05) is 4.31 Å². The fourth-order valence-electron chi connectivity index (χ4n) is 2.50. The number of hydrogen-bond donors (Lipinski definition) is 0. The number of rotatable bonds is 4. The summed E-state index contributed by atoms with van der Waals surface area (Å²) < 4.78 is 27.4. The van der Waals surface area contributed by atoms with Crippen LogP contribution in [0.25, 0.3) is 0 Å². The molecule has 1 amide bonds. The van der Waals surface area contributed by atoms with Gasteiger partial charge in [0.15, 0.2) is 0 Å². The molecule has 0 unspecified atom stereocenters. The molecule has 3 aromatic rings. The van der Waals surface area contributed by atoms with E-state index in [1.54, 1.807) is 47.8 Å². The minimum absolute atomic E-state index is 0.0841. The molecule has 1 aromatic heterocycles. The molecule has 0 radical (unpaired) electrons. The van der Waals surface area contributed by atoms with E-state index in [9.17, 15) is 13.2 Å². The zero-order valence-corrected chi connectivity index (χ0v) is 15.5. The zero-order valence-electron chi connectivity index (χ0n) is 13.8. The van der Waals surface area contributed by atoms with Gasteiger partial charge in [-0.05, 0) is 54.6 Å². The molecule has 0 bridgehead atoms. The molecule has 0 atom stereocenters. The van der Waals surface area contributed by atoms with Crippen LogP contribution in [0.15, 0.2) is 70.9 Å². The lowest BCUT2D eigenvalue weighted by Gasteiger charge is -2.24. The van der Waals surface area contributed by atoms with E-state index in [0.717, 1.165) is 15.4 Å². The predicted octanol–water partition coefficient (Wildman–Crippen LogP) is 4.40. The SMILES string of the molecule is Cc1cccc(N(C(=O)c2cccs2)S(=O)(=O)c2ccccc2)c1C. The first kappa shape index (κ1) is 17.4. The summed E-state index contributed by atoms with van der Waals surface area (Å²) in [6.45, 7) is 3.71. The van der Waals surface area contributed by atoms with E-state index in [2.05, 4.69) is 0 Å². The number of benzene rings is 2. The third-order valence-electron chi connectivity index (χ3n) is 3.99. The Labute approximate surface area is 151 Å². The Kier molecular flexibility index (Phi) is 4.74. The summed E-state index contributed by atoms with van der Waals surface area (Å²) >= 11 is 1.22. The molecule has 6 heteroatoms. The van der Waals surface area contributed by atoms with Crippen molar-refractivity contribution in [1.82, 2.24) is 0 Å². The fourth-order valence-corrected chi connectivity index (χ4v) is 4.70. The van der Waals surface area contributed by atoms with Crippen LogP contribution in [0.2, 0.25) is 0 Å². The molecule has 0 saturated carbocycles. The highest BCUT2D eigenvalue weighted by Gasteiger charge is 2.33. The van der Waals surface area contributed by atoms with E-state index in [1.165, 1.54) is 23.5 Å². The average molecular weight is 371 g/mol. The van der Waals surface area contributed by atoms with Gasteiger partial charge in [-0.1, -0.05) is 36.4 Å². The average Bonchev–Trinajstić information content (AvgIpc) is 3.14. The topological polar surface area (TPSA) is 54.5 Å². The highest BCUT2D eigenvalue weighted by atomic mass is 32.2. The molecule has 4 nitrogen and oxygen atoms in total. The molecule has 2 aromatic carbocycles. The molecule has 0 aliphatic rings. The van der Waals surface area contributed by atoms with Crippen molar-refractivity contribution < 1.29 is 13.2 Å². The lowest BCUT2D eigenvalue weighted by atomic mass is 10.1. The molecule has 0 fully saturated rings. The lowest BCUT2D eigenvalue weighted by molar-refractivity contribution is 0.101. The van der Waals surface area contributed by atoms with Crippen LogP contribution in [0.3, 0.4) is 0 Å². The lowest BCUT2D eigenvalue weighted by Crippen LogP contribution is -2.37. The van der Waals surface area contributed by atoms with Crippen molar-refractivity contribution in [2.24, 2.45) is 0 Å². The van der Waals surface area contributed by atoms with Crippen molar-refractivity contribution in [2.45, 2.75) is 18.7 Å². The van der Waals surface area contributed by atoms with Gasteiger partial charge in [-0.15, -0.1) is 11.3 Å². The van der Waals surface area contributed by atoms with Crippen LogP contribution in [0.4, 0.5) is 5.69 Å². The first-order chi connectivity index (χ1) is 11.9. The number of nitrogens with zero attached hydrogens (tertiary/aromatic N) is 1. The van der Waals surface area contributed by atoms with Crippen LogP contribution < -0.4 is 4.31 Å². The molecule has 0 N–H and O–H groups in total. The van der Waals surface area contributed by atoms with Crippen molar-refractivity contribution in [3.63, 3.8) is 0 Å². The molecule has 1 heterocycles. The van der Waals surface area contributed by atoms with E-state index in [1.807, 2.05) is 19.9 Å². The summed E-state index contributed by atoms with van der Waals surface area (Å²) in [5, 5.41) is 1.75. The first-order valence-electron chi connectivity index (χ1n) is 7.67. The third kappa shape index (κ3) is 3.23. The van der Waals surface area contributed by atoms with Gasteiger partial charge in [-0.2, -0.15) is 4.31 Å². The molecular weight excluding hydrogens is 354 g/mol. The van der Waals surface area contributed by atoms with Gasteiger partial charge in [0.25, 0.3) is 15.9 Å². The molecule has 128 valence electrons. The minimum Gasteiger partial charge on any atom is -0.267 e. The summed E-state index contributed by atoms with van der Waals surface area (Å²) in [6.07, 6.45) is 0. The summed E-state index contributed by atoms with van der Waals surface area (Å²) in [4.78, 5) is 13.5. The highest BCUT2D eigenvalue weighted by Crippen LogP contribution is 2.31. The van der Waals surface area contributed by atoms with E-state index in [-0.39, 0.29) is 4.90 Å². The van der Waals surface area contributed by atoms with Crippen LogP contribution in [-0.2, 0) is 10.0 Å².